The van der Waals surface area contributed by atoms with Crippen molar-refractivity contribution in [3.8, 4) is 0 Å². The molecule has 0 aromatic rings. The van der Waals surface area contributed by atoms with E-state index in [4.69, 9.17) is 14.2 Å². The Bertz CT molecular complexity index is 251. The van der Waals surface area contributed by atoms with Crippen molar-refractivity contribution in [3.63, 3.8) is 0 Å². The standard InChI is InChI=1S/C16H33NO3/c1-7-16(5,14-17-15(2,3)4)8-9-19-12-13-20-11-10-18-6/h7,17H,1,8-14H2,2-6H3. The van der Waals surface area contributed by atoms with Crippen molar-refractivity contribution in [3.05, 3.63) is 12.7 Å². The summed E-state index contributed by atoms with van der Waals surface area (Å²) in [6, 6.07) is 0. The predicted octanol–water partition coefficient (Wildman–Crippen LogP) is 2.64. The van der Waals surface area contributed by atoms with E-state index in [1.54, 1.807) is 7.11 Å². The van der Waals surface area contributed by atoms with Crippen LogP contribution in [0.5, 0.6) is 0 Å². The summed E-state index contributed by atoms with van der Waals surface area (Å²) >= 11 is 0. The van der Waals surface area contributed by atoms with Gasteiger partial charge in [0.2, 0.25) is 0 Å². The van der Waals surface area contributed by atoms with E-state index in [0.29, 0.717) is 26.4 Å². The van der Waals surface area contributed by atoms with E-state index in [2.05, 4.69) is 39.6 Å². The van der Waals surface area contributed by atoms with Gasteiger partial charge in [0.15, 0.2) is 0 Å². The monoisotopic (exact) mass is 287 g/mol. The maximum Gasteiger partial charge on any atom is 0.0701 e. The summed E-state index contributed by atoms with van der Waals surface area (Å²) in [6.07, 6.45) is 2.97. The highest BCUT2D eigenvalue weighted by molar-refractivity contribution is 4.94. The van der Waals surface area contributed by atoms with Crippen molar-refractivity contribution >= 4 is 0 Å². The van der Waals surface area contributed by atoms with Crippen molar-refractivity contribution in [1.82, 2.24) is 5.32 Å². The zero-order valence-corrected chi connectivity index (χ0v) is 14.0. The maximum absolute atomic E-state index is 5.60. The quantitative estimate of drug-likeness (QED) is 0.442. The molecule has 0 amide bonds. The Labute approximate surface area is 124 Å². The predicted molar refractivity (Wildman–Crippen MR) is 84.2 cm³/mol. The highest BCUT2D eigenvalue weighted by Gasteiger charge is 2.22. The van der Waals surface area contributed by atoms with E-state index in [1.807, 2.05) is 6.08 Å². The van der Waals surface area contributed by atoms with Crippen LogP contribution in [0.15, 0.2) is 12.7 Å². The van der Waals surface area contributed by atoms with E-state index >= 15 is 0 Å². The lowest BCUT2D eigenvalue weighted by Crippen LogP contribution is -2.42. The fourth-order valence-corrected chi connectivity index (χ4v) is 1.50. The molecule has 0 saturated heterocycles. The molecule has 1 unspecified atom stereocenters. The van der Waals surface area contributed by atoms with Gasteiger partial charge in [-0.05, 0) is 32.6 Å². The number of hydrogen-bond donors (Lipinski definition) is 1. The van der Waals surface area contributed by atoms with Crippen LogP contribution in [0.1, 0.15) is 34.1 Å². The Morgan fingerprint density at radius 3 is 2.00 bits per heavy atom. The van der Waals surface area contributed by atoms with Crippen LogP contribution in [-0.4, -0.2) is 52.2 Å². The fraction of sp³-hybridized carbons (Fsp3) is 0.875. The summed E-state index contributed by atoms with van der Waals surface area (Å²) in [5.41, 5.74) is 0.185. The van der Waals surface area contributed by atoms with Gasteiger partial charge in [-0.15, -0.1) is 6.58 Å². The molecule has 0 fully saturated rings. The molecule has 0 radical (unpaired) electrons. The smallest absolute Gasteiger partial charge is 0.0701 e. The van der Waals surface area contributed by atoms with Gasteiger partial charge in [-0.3, -0.25) is 0 Å². The lowest BCUT2D eigenvalue weighted by Gasteiger charge is -2.31. The second kappa shape index (κ2) is 10.3. The molecule has 4 heteroatoms. The molecule has 0 heterocycles. The molecule has 0 aliphatic heterocycles. The van der Waals surface area contributed by atoms with Gasteiger partial charge in [-0.2, -0.15) is 0 Å². The van der Waals surface area contributed by atoms with E-state index < -0.39 is 0 Å². The average molecular weight is 287 g/mol. The lowest BCUT2D eigenvalue weighted by molar-refractivity contribution is 0.0196. The number of ether oxygens (including phenoxy) is 3. The Balaban J connectivity index is 3.70. The van der Waals surface area contributed by atoms with Gasteiger partial charge < -0.3 is 19.5 Å². The number of rotatable bonds is 12. The molecular formula is C16H33NO3. The first kappa shape index (κ1) is 19.6. The van der Waals surface area contributed by atoms with Crippen LogP contribution in [0.25, 0.3) is 0 Å². The van der Waals surface area contributed by atoms with E-state index in [-0.39, 0.29) is 11.0 Å². The third-order valence-corrected chi connectivity index (χ3v) is 3.14. The van der Waals surface area contributed by atoms with Crippen molar-refractivity contribution in [2.45, 2.75) is 39.7 Å². The molecule has 4 nitrogen and oxygen atoms in total. The molecule has 0 rings (SSSR count). The van der Waals surface area contributed by atoms with Crippen molar-refractivity contribution in [2.24, 2.45) is 5.41 Å². The van der Waals surface area contributed by atoms with E-state index in [1.165, 1.54) is 0 Å². The van der Waals surface area contributed by atoms with Crippen molar-refractivity contribution in [1.29, 1.82) is 0 Å². The lowest BCUT2D eigenvalue weighted by atomic mass is 9.86. The second-order valence-electron chi connectivity index (χ2n) is 6.43. The summed E-state index contributed by atoms with van der Waals surface area (Å²) in [5.74, 6) is 0. The van der Waals surface area contributed by atoms with Gasteiger partial charge in [-0.1, -0.05) is 13.0 Å². The first-order valence-electron chi connectivity index (χ1n) is 7.36. The van der Waals surface area contributed by atoms with Gasteiger partial charge in [0.05, 0.1) is 26.4 Å². The zero-order valence-electron chi connectivity index (χ0n) is 14.0. The molecule has 0 aromatic carbocycles. The third-order valence-electron chi connectivity index (χ3n) is 3.14. The van der Waals surface area contributed by atoms with E-state index in [9.17, 15) is 0 Å². The van der Waals surface area contributed by atoms with Crippen LogP contribution in [0.4, 0.5) is 0 Å². The molecule has 20 heavy (non-hydrogen) atoms. The van der Waals surface area contributed by atoms with Gasteiger partial charge >= 0.3 is 0 Å². The molecule has 0 spiro atoms. The molecule has 120 valence electrons. The molecule has 0 bridgehead atoms. The van der Waals surface area contributed by atoms with Gasteiger partial charge in [0, 0.05) is 25.8 Å². The third kappa shape index (κ3) is 11.4. The zero-order chi connectivity index (χ0) is 15.5. The highest BCUT2D eigenvalue weighted by Crippen LogP contribution is 2.22. The van der Waals surface area contributed by atoms with Crippen molar-refractivity contribution < 1.29 is 14.2 Å². The first-order valence-corrected chi connectivity index (χ1v) is 7.36. The number of hydrogen-bond acceptors (Lipinski definition) is 4. The highest BCUT2D eigenvalue weighted by atomic mass is 16.5. The first-order chi connectivity index (χ1) is 9.33. The van der Waals surface area contributed by atoms with Crippen LogP contribution >= 0.6 is 0 Å². The molecular weight excluding hydrogens is 254 g/mol. The van der Waals surface area contributed by atoms with Crippen LogP contribution in [0.2, 0.25) is 0 Å². The average Bonchev–Trinajstić information content (AvgIpc) is 2.39. The SMILES string of the molecule is C=CC(C)(CCOCCOCCOC)CNC(C)(C)C. The Hall–Kier alpha value is -0.420. The van der Waals surface area contributed by atoms with Crippen LogP contribution < -0.4 is 5.32 Å². The topological polar surface area (TPSA) is 39.7 Å². The molecule has 0 aromatic heterocycles. The number of methoxy groups -OCH3 is 1. The second-order valence-corrected chi connectivity index (χ2v) is 6.43. The minimum atomic E-state index is 0.0597. The minimum Gasteiger partial charge on any atom is -0.382 e. The van der Waals surface area contributed by atoms with Crippen LogP contribution in [0.3, 0.4) is 0 Å². The van der Waals surface area contributed by atoms with Crippen LogP contribution in [0, 0.1) is 5.41 Å². The summed E-state index contributed by atoms with van der Waals surface area (Å²) in [5, 5.41) is 3.52. The summed E-state index contributed by atoms with van der Waals surface area (Å²) in [7, 11) is 1.67. The van der Waals surface area contributed by atoms with E-state index in [0.717, 1.165) is 19.6 Å². The summed E-state index contributed by atoms with van der Waals surface area (Å²) < 4.78 is 15.8. The molecule has 1 atom stereocenters. The van der Waals surface area contributed by atoms with Gasteiger partial charge in [0.1, 0.15) is 0 Å². The molecule has 0 saturated carbocycles. The Morgan fingerprint density at radius 1 is 0.950 bits per heavy atom. The molecule has 0 aliphatic rings. The van der Waals surface area contributed by atoms with Crippen molar-refractivity contribution in [2.75, 3.05) is 46.7 Å². The summed E-state index contributed by atoms with van der Waals surface area (Å²) in [6.45, 7) is 16.8. The van der Waals surface area contributed by atoms with Gasteiger partial charge in [0.25, 0.3) is 0 Å². The van der Waals surface area contributed by atoms with Crippen LogP contribution in [-0.2, 0) is 14.2 Å². The van der Waals surface area contributed by atoms with Gasteiger partial charge in [-0.25, -0.2) is 0 Å². The fourth-order valence-electron chi connectivity index (χ4n) is 1.50. The minimum absolute atomic E-state index is 0.0597. The maximum atomic E-state index is 5.60. The summed E-state index contributed by atoms with van der Waals surface area (Å²) in [4.78, 5) is 0. The Kier molecular flexibility index (Phi) is 10.1. The molecule has 0 aliphatic carbocycles. The molecule has 1 N–H and O–H groups in total. The normalized spacial score (nSPS) is 15.1. The Morgan fingerprint density at radius 2 is 1.50 bits per heavy atom. The largest absolute Gasteiger partial charge is 0.382 e. The number of nitrogens with one attached hydrogen (secondary N) is 1.